The SMILES string of the molecule is c1ccc(-c2cc(-c3ccccc3)cc(N3c4ccccc4B4c5ccc6c7c5N(c5cccc3c54)c3c(-c4ccccc4)[se]c(-c4ccccc4)c3N7c3cccc4c3B6c3ccccc3N4c3cc(-c4ccccc4)cc(-c4ccccc4)c3)c2)cc1. The van der Waals surface area contributed by atoms with Crippen LogP contribution in [0, 0.1) is 0 Å². The molecule has 89 heavy (non-hydrogen) atoms. The standard InChI is InChI=1S/C82H52B2N4Se/c1-7-25-53(26-8-1)59-47-60(54-27-9-2-10-28-54)50-63(49-59)85-69-39-21-19-37-65(69)83-67-45-46-68-78-77(67)87(73-43-23-41-71(85)75(73)83)79-80(82(58-35-17-6-18-36-58)89-81(79)57-33-15-5-16-34-57)88(78)74-44-24-42-72-76(74)84(68)66-38-20-22-40-70(66)86(72)64-51-61(55-29-11-3-12-30-55)48-62(52-64)56-31-13-4-14-32-56/h1-52H. The van der Waals surface area contributed by atoms with Gasteiger partial charge < -0.3 is 0 Å². The Morgan fingerprint density at radius 2 is 0.483 bits per heavy atom. The Kier molecular flexibility index (Phi) is 11.2. The fourth-order valence-electron chi connectivity index (χ4n) is 15.4. The summed E-state index contributed by atoms with van der Waals surface area (Å²) in [5.41, 5.74) is 34.5. The molecule has 5 aliphatic rings. The van der Waals surface area contributed by atoms with E-state index >= 15 is 0 Å². The van der Waals surface area contributed by atoms with E-state index in [1.807, 2.05) is 0 Å². The molecule has 1 aromatic heterocycles. The maximum absolute atomic E-state index is 2.76. The Morgan fingerprint density at radius 1 is 0.202 bits per heavy atom. The van der Waals surface area contributed by atoms with Crippen LogP contribution >= 0.6 is 0 Å². The zero-order chi connectivity index (χ0) is 58.3. The van der Waals surface area contributed by atoms with Crippen molar-refractivity contribution in [1.82, 2.24) is 0 Å². The molecule has 0 spiro atoms. The predicted molar refractivity (Wildman–Crippen MR) is 378 cm³/mol. The van der Waals surface area contributed by atoms with Gasteiger partial charge in [-0.05, 0) is 0 Å². The van der Waals surface area contributed by atoms with Crippen molar-refractivity contribution in [2.24, 2.45) is 0 Å². The van der Waals surface area contributed by atoms with Crippen molar-refractivity contribution >= 4 is 129 Å². The molecule has 7 heteroatoms. The molecule has 13 aromatic carbocycles. The van der Waals surface area contributed by atoms with Gasteiger partial charge in [0.15, 0.2) is 0 Å². The van der Waals surface area contributed by atoms with Crippen molar-refractivity contribution in [3.8, 4) is 64.5 Å². The van der Waals surface area contributed by atoms with Crippen LogP contribution in [0.3, 0.4) is 0 Å². The van der Waals surface area contributed by atoms with Gasteiger partial charge >= 0.3 is 456 Å². The first kappa shape index (κ1) is 50.4. The Balaban J connectivity index is 0.892. The summed E-state index contributed by atoms with van der Waals surface area (Å²) in [6, 6.07) is 118. The number of rotatable bonds is 8. The van der Waals surface area contributed by atoms with E-state index in [1.54, 1.807) is 0 Å². The van der Waals surface area contributed by atoms with Crippen LogP contribution in [-0.2, 0) is 0 Å². The van der Waals surface area contributed by atoms with Gasteiger partial charge in [0.2, 0.25) is 0 Å². The number of nitrogens with zero attached hydrogens (tertiary/aromatic N) is 4. The molecule has 0 radical (unpaired) electrons. The average molecular weight is 1190 g/mol. The number of hydrogen-bond donors (Lipinski definition) is 0. The Labute approximate surface area is 525 Å². The molecule has 5 aliphatic heterocycles. The smallest absolute Gasteiger partial charge is 0.0617 e. The van der Waals surface area contributed by atoms with Crippen LogP contribution in [0.25, 0.3) is 64.5 Å². The average Bonchev–Trinajstić information content (AvgIpc) is 1.63. The third-order valence-electron chi connectivity index (χ3n) is 19.1. The van der Waals surface area contributed by atoms with E-state index in [4.69, 9.17) is 0 Å². The molecule has 0 atom stereocenters. The van der Waals surface area contributed by atoms with Crippen molar-refractivity contribution in [1.29, 1.82) is 0 Å². The van der Waals surface area contributed by atoms with E-state index in [9.17, 15) is 0 Å². The van der Waals surface area contributed by atoms with E-state index in [0.717, 1.165) is 11.4 Å². The first-order chi connectivity index (χ1) is 44.2. The van der Waals surface area contributed by atoms with E-state index < -0.39 is 0 Å². The topological polar surface area (TPSA) is 13.0 Å². The van der Waals surface area contributed by atoms with E-state index in [1.165, 1.54) is 154 Å². The van der Waals surface area contributed by atoms with Gasteiger partial charge in [-0.2, -0.15) is 0 Å². The summed E-state index contributed by atoms with van der Waals surface area (Å²) in [4.78, 5) is 10.7. The summed E-state index contributed by atoms with van der Waals surface area (Å²) in [5.74, 6) is 0. The molecule has 0 bridgehead atoms. The minimum absolute atomic E-state index is 0.0673. The molecule has 14 aromatic rings. The van der Waals surface area contributed by atoms with Crippen LogP contribution in [-0.4, -0.2) is 27.9 Å². The van der Waals surface area contributed by atoms with Crippen LogP contribution in [0.15, 0.2) is 315 Å². The van der Waals surface area contributed by atoms with E-state index in [-0.39, 0.29) is 27.9 Å². The monoisotopic (exact) mass is 1190 g/mol. The molecule has 412 valence electrons. The van der Waals surface area contributed by atoms with Crippen LogP contribution < -0.4 is 52.4 Å². The van der Waals surface area contributed by atoms with Crippen molar-refractivity contribution in [3.63, 3.8) is 0 Å². The van der Waals surface area contributed by atoms with Crippen LogP contribution in [0.2, 0.25) is 0 Å². The van der Waals surface area contributed by atoms with Gasteiger partial charge in [0.1, 0.15) is 0 Å². The summed E-state index contributed by atoms with van der Waals surface area (Å²) < 4.78 is 2.76. The predicted octanol–water partition coefficient (Wildman–Crippen LogP) is 17.2. The second kappa shape index (κ2) is 19.9. The number of anilines is 12. The zero-order valence-electron chi connectivity index (χ0n) is 48.4. The molecule has 0 aliphatic carbocycles. The molecule has 0 fully saturated rings. The van der Waals surface area contributed by atoms with Gasteiger partial charge in [-0.3, -0.25) is 0 Å². The summed E-state index contributed by atoms with van der Waals surface area (Å²) in [7, 11) is 0. The molecule has 0 amide bonds. The summed E-state index contributed by atoms with van der Waals surface area (Å²) in [6.45, 7) is -0.135. The summed E-state index contributed by atoms with van der Waals surface area (Å²) in [6.07, 6.45) is 0. The molecular formula is C82H52B2N4Se. The second-order valence-corrected chi connectivity index (χ2v) is 26.0. The van der Waals surface area contributed by atoms with Crippen LogP contribution in [0.5, 0.6) is 0 Å². The van der Waals surface area contributed by atoms with Gasteiger partial charge in [0.05, 0.1) is 0 Å². The Morgan fingerprint density at radius 3 is 0.820 bits per heavy atom. The number of fused-ring (bicyclic) bond motifs is 11. The first-order valence-electron chi connectivity index (χ1n) is 30.8. The Bertz CT molecular complexity index is 4740. The molecular weight excluding hydrogens is 1140 g/mol. The second-order valence-electron chi connectivity index (χ2n) is 23.9. The maximum atomic E-state index is 2.76. The van der Waals surface area contributed by atoms with Crippen molar-refractivity contribution < 1.29 is 0 Å². The molecule has 19 rings (SSSR count). The third kappa shape index (κ3) is 7.56. The van der Waals surface area contributed by atoms with Crippen molar-refractivity contribution in [2.75, 3.05) is 19.6 Å². The molecule has 0 unspecified atom stereocenters. The number of hydrogen-bond acceptors (Lipinski definition) is 4. The third-order valence-corrected chi connectivity index (χ3v) is 21.7. The summed E-state index contributed by atoms with van der Waals surface area (Å²) in [5, 5.41) is 0. The molecule has 6 heterocycles. The minimum Gasteiger partial charge on any atom is -0.0617 e. The fourth-order valence-corrected chi connectivity index (χ4v) is 18.1. The first-order valence-corrected chi connectivity index (χ1v) is 32.5. The van der Waals surface area contributed by atoms with Gasteiger partial charge in [-0.15, -0.1) is 0 Å². The molecule has 0 saturated heterocycles. The minimum atomic E-state index is -0.109. The quantitative estimate of drug-likeness (QED) is 0.141. The molecule has 4 nitrogen and oxygen atoms in total. The molecule has 0 N–H and O–H groups in total. The number of benzene rings is 13. The molecule has 0 saturated carbocycles. The van der Waals surface area contributed by atoms with Gasteiger partial charge in [0, 0.05) is 0 Å². The van der Waals surface area contributed by atoms with Crippen LogP contribution in [0.1, 0.15) is 0 Å². The van der Waals surface area contributed by atoms with E-state index in [2.05, 4.69) is 335 Å². The normalized spacial score (nSPS) is 13.3. The van der Waals surface area contributed by atoms with Crippen LogP contribution in [0.4, 0.5) is 68.2 Å². The fraction of sp³-hybridized carbons (Fsp3) is 0. The Hall–Kier alpha value is -10.8. The van der Waals surface area contributed by atoms with Gasteiger partial charge in [-0.1, -0.05) is 72.8 Å². The summed E-state index contributed by atoms with van der Waals surface area (Å²) >= 11 is -0.109. The number of para-hydroxylation sites is 2. The van der Waals surface area contributed by atoms with Gasteiger partial charge in [-0.25, -0.2) is 0 Å². The zero-order valence-corrected chi connectivity index (χ0v) is 50.1. The van der Waals surface area contributed by atoms with Crippen molar-refractivity contribution in [3.05, 3.63) is 315 Å². The van der Waals surface area contributed by atoms with Gasteiger partial charge in [0.25, 0.3) is 0 Å². The van der Waals surface area contributed by atoms with Crippen molar-refractivity contribution in [2.45, 2.75) is 0 Å². The van der Waals surface area contributed by atoms with E-state index in [0.29, 0.717) is 0 Å².